The van der Waals surface area contributed by atoms with E-state index in [-0.39, 0.29) is 23.6 Å². The first kappa shape index (κ1) is 16.8. The van der Waals surface area contributed by atoms with Crippen molar-refractivity contribution in [1.29, 1.82) is 0 Å². The van der Waals surface area contributed by atoms with Crippen molar-refractivity contribution in [3.8, 4) is 0 Å². The molecule has 2 aliphatic heterocycles. The van der Waals surface area contributed by atoms with E-state index in [1.54, 1.807) is 23.1 Å². The van der Waals surface area contributed by atoms with Gasteiger partial charge in [0.05, 0.1) is 4.90 Å². The van der Waals surface area contributed by atoms with Gasteiger partial charge in [-0.15, -0.1) is 0 Å². The summed E-state index contributed by atoms with van der Waals surface area (Å²) in [4.78, 5) is 27.1. The standard InChI is InChI=1S/C19H18N2O4S/c22-18-11-10-17(21(18)26(24,25)15-7-2-1-3-8-15)19(23)20-13-12-14-6-4-5-9-16(14)20/h1-9,17H,10-13H2. The number of benzene rings is 2. The molecule has 2 aliphatic rings. The molecule has 0 N–H and O–H groups in total. The second-order valence-electron chi connectivity index (χ2n) is 6.43. The number of sulfonamides is 1. The highest BCUT2D eigenvalue weighted by molar-refractivity contribution is 7.89. The lowest BCUT2D eigenvalue weighted by Gasteiger charge is -2.27. The lowest BCUT2D eigenvalue weighted by Crippen LogP contribution is -2.48. The van der Waals surface area contributed by atoms with Crippen LogP contribution in [0.15, 0.2) is 59.5 Å². The Bertz CT molecular complexity index is 972. The van der Waals surface area contributed by atoms with E-state index in [9.17, 15) is 18.0 Å². The van der Waals surface area contributed by atoms with Crippen molar-refractivity contribution in [3.05, 3.63) is 60.2 Å². The molecule has 1 atom stereocenters. The Hall–Kier alpha value is -2.67. The first-order valence-electron chi connectivity index (χ1n) is 8.52. The molecule has 134 valence electrons. The van der Waals surface area contributed by atoms with Crippen LogP contribution in [-0.2, 0) is 26.0 Å². The second kappa shape index (κ2) is 6.25. The van der Waals surface area contributed by atoms with E-state index >= 15 is 0 Å². The van der Waals surface area contributed by atoms with Gasteiger partial charge >= 0.3 is 0 Å². The highest BCUT2D eigenvalue weighted by Crippen LogP contribution is 2.33. The van der Waals surface area contributed by atoms with E-state index in [1.807, 2.05) is 24.3 Å². The van der Waals surface area contributed by atoms with Crippen LogP contribution in [0.3, 0.4) is 0 Å². The zero-order chi connectivity index (χ0) is 18.3. The molecule has 0 radical (unpaired) electrons. The third-order valence-electron chi connectivity index (χ3n) is 4.90. The van der Waals surface area contributed by atoms with Crippen LogP contribution in [-0.4, -0.2) is 37.1 Å². The molecule has 2 heterocycles. The van der Waals surface area contributed by atoms with Crippen molar-refractivity contribution in [2.24, 2.45) is 0 Å². The van der Waals surface area contributed by atoms with Crippen molar-refractivity contribution < 1.29 is 18.0 Å². The van der Waals surface area contributed by atoms with Crippen molar-refractivity contribution in [2.75, 3.05) is 11.4 Å². The smallest absolute Gasteiger partial charge is 0.267 e. The molecule has 0 bridgehead atoms. The van der Waals surface area contributed by atoms with Crippen LogP contribution in [0.4, 0.5) is 5.69 Å². The Morgan fingerprint density at radius 3 is 2.42 bits per heavy atom. The number of carbonyl (C=O) groups excluding carboxylic acids is 2. The van der Waals surface area contributed by atoms with E-state index in [4.69, 9.17) is 0 Å². The molecule has 1 unspecified atom stereocenters. The Labute approximate surface area is 152 Å². The summed E-state index contributed by atoms with van der Waals surface area (Å²) >= 11 is 0. The summed E-state index contributed by atoms with van der Waals surface area (Å²) in [6, 6.07) is 14.4. The summed E-state index contributed by atoms with van der Waals surface area (Å²) in [6.07, 6.45) is 0.994. The average Bonchev–Trinajstić information content (AvgIpc) is 3.26. The molecular formula is C19H18N2O4S. The van der Waals surface area contributed by atoms with E-state index in [1.165, 1.54) is 12.1 Å². The Morgan fingerprint density at radius 2 is 1.65 bits per heavy atom. The predicted octanol–water partition coefficient (Wildman–Crippen LogP) is 1.96. The molecule has 2 aromatic carbocycles. The first-order valence-corrected chi connectivity index (χ1v) is 9.96. The summed E-state index contributed by atoms with van der Waals surface area (Å²) in [5.41, 5.74) is 1.86. The van der Waals surface area contributed by atoms with Gasteiger partial charge in [0, 0.05) is 18.7 Å². The number of para-hydroxylation sites is 1. The molecule has 0 aliphatic carbocycles. The number of carbonyl (C=O) groups is 2. The van der Waals surface area contributed by atoms with Gasteiger partial charge in [-0.05, 0) is 36.6 Å². The molecule has 2 aromatic rings. The van der Waals surface area contributed by atoms with E-state index in [0.29, 0.717) is 6.54 Å². The zero-order valence-corrected chi connectivity index (χ0v) is 14.9. The number of rotatable bonds is 3. The molecule has 0 aromatic heterocycles. The molecule has 2 amide bonds. The lowest BCUT2D eigenvalue weighted by molar-refractivity contribution is -0.129. The topological polar surface area (TPSA) is 74.8 Å². The fourth-order valence-corrected chi connectivity index (χ4v) is 5.26. The molecule has 0 spiro atoms. The summed E-state index contributed by atoms with van der Waals surface area (Å²) < 4.78 is 26.7. The largest absolute Gasteiger partial charge is 0.310 e. The minimum Gasteiger partial charge on any atom is -0.310 e. The van der Waals surface area contributed by atoms with Gasteiger partial charge in [-0.1, -0.05) is 36.4 Å². The molecule has 26 heavy (non-hydrogen) atoms. The molecule has 1 fully saturated rings. The van der Waals surface area contributed by atoms with Gasteiger partial charge in [-0.2, -0.15) is 0 Å². The normalized spacial score (nSPS) is 19.7. The van der Waals surface area contributed by atoms with Crippen LogP contribution in [0.1, 0.15) is 18.4 Å². The Kier molecular flexibility index (Phi) is 4.03. The third-order valence-corrected chi connectivity index (χ3v) is 6.74. The zero-order valence-electron chi connectivity index (χ0n) is 14.0. The molecule has 4 rings (SSSR count). The maximum Gasteiger partial charge on any atom is 0.267 e. The van der Waals surface area contributed by atoms with E-state index in [0.717, 1.165) is 22.0 Å². The average molecular weight is 370 g/mol. The fourth-order valence-electron chi connectivity index (χ4n) is 3.64. The minimum atomic E-state index is -4.05. The second-order valence-corrected chi connectivity index (χ2v) is 8.25. The van der Waals surface area contributed by atoms with Gasteiger partial charge in [0.15, 0.2) is 0 Å². The predicted molar refractivity (Wildman–Crippen MR) is 96.0 cm³/mol. The Morgan fingerprint density at radius 1 is 0.962 bits per heavy atom. The summed E-state index contributed by atoms with van der Waals surface area (Å²) in [6.45, 7) is 0.502. The quantitative estimate of drug-likeness (QED) is 0.828. The summed E-state index contributed by atoms with van der Waals surface area (Å²) in [7, 11) is -4.05. The molecule has 7 heteroatoms. The van der Waals surface area contributed by atoms with Gasteiger partial charge in [0.25, 0.3) is 15.9 Å². The molecule has 0 saturated carbocycles. The lowest BCUT2D eigenvalue weighted by atomic mass is 10.1. The number of hydrogen-bond donors (Lipinski definition) is 0. The van der Waals surface area contributed by atoms with Crippen LogP contribution in [0.5, 0.6) is 0 Å². The molecule has 1 saturated heterocycles. The van der Waals surface area contributed by atoms with E-state index < -0.39 is 22.0 Å². The Balaban J connectivity index is 1.68. The van der Waals surface area contributed by atoms with Crippen LogP contribution < -0.4 is 4.90 Å². The highest BCUT2D eigenvalue weighted by atomic mass is 32.2. The number of anilines is 1. The highest BCUT2D eigenvalue weighted by Gasteiger charge is 2.46. The van der Waals surface area contributed by atoms with Gasteiger partial charge in [0.2, 0.25) is 5.91 Å². The van der Waals surface area contributed by atoms with Gasteiger partial charge in [-0.25, -0.2) is 12.7 Å². The third kappa shape index (κ3) is 2.59. The van der Waals surface area contributed by atoms with Crippen LogP contribution in [0.25, 0.3) is 0 Å². The summed E-state index contributed by atoms with van der Waals surface area (Å²) in [5, 5.41) is 0. The van der Waals surface area contributed by atoms with Crippen molar-refractivity contribution in [2.45, 2.75) is 30.2 Å². The van der Waals surface area contributed by atoms with Gasteiger partial charge in [-0.3, -0.25) is 9.59 Å². The van der Waals surface area contributed by atoms with Crippen molar-refractivity contribution in [3.63, 3.8) is 0 Å². The van der Waals surface area contributed by atoms with E-state index in [2.05, 4.69) is 0 Å². The number of amides is 2. The van der Waals surface area contributed by atoms with Crippen molar-refractivity contribution in [1.82, 2.24) is 4.31 Å². The maximum atomic E-state index is 13.1. The van der Waals surface area contributed by atoms with Crippen molar-refractivity contribution >= 4 is 27.5 Å². The summed E-state index contributed by atoms with van der Waals surface area (Å²) in [5.74, 6) is -0.861. The first-order chi connectivity index (χ1) is 12.5. The van der Waals surface area contributed by atoms with Crippen LogP contribution in [0.2, 0.25) is 0 Å². The van der Waals surface area contributed by atoms with Crippen LogP contribution in [0, 0.1) is 0 Å². The number of nitrogens with zero attached hydrogens (tertiary/aromatic N) is 2. The number of fused-ring (bicyclic) bond motifs is 1. The SMILES string of the molecule is O=C(C1CCC(=O)N1S(=O)(=O)c1ccccc1)N1CCc2ccccc21. The minimum absolute atomic E-state index is 0.0230. The van der Waals surface area contributed by atoms with Gasteiger partial charge in [0.1, 0.15) is 6.04 Å². The monoisotopic (exact) mass is 370 g/mol. The molecular weight excluding hydrogens is 352 g/mol. The van der Waals surface area contributed by atoms with Gasteiger partial charge < -0.3 is 4.90 Å². The van der Waals surface area contributed by atoms with Crippen LogP contribution >= 0.6 is 0 Å². The number of hydrogen-bond acceptors (Lipinski definition) is 4. The maximum absolute atomic E-state index is 13.1. The fraction of sp³-hybridized carbons (Fsp3) is 0.263. The molecule has 6 nitrogen and oxygen atoms in total.